The van der Waals surface area contributed by atoms with Gasteiger partial charge in [-0.1, -0.05) is 0 Å². The smallest absolute Gasteiger partial charge is 0.313 e. The molecule has 0 amide bonds. The normalized spacial score (nSPS) is 16.4. The first-order valence-corrected chi connectivity index (χ1v) is 7.74. The van der Waals surface area contributed by atoms with Crippen LogP contribution >= 0.6 is 0 Å². The summed E-state index contributed by atoms with van der Waals surface area (Å²) in [7, 11) is 3.19. The van der Waals surface area contributed by atoms with E-state index in [4.69, 9.17) is 14.2 Å². The highest BCUT2D eigenvalue weighted by Gasteiger charge is 2.25. The minimum absolute atomic E-state index is 0.125. The molecule has 1 aliphatic rings. The molecule has 126 valence electrons. The third-order valence-electron chi connectivity index (χ3n) is 3.88. The van der Waals surface area contributed by atoms with Gasteiger partial charge in [0.25, 0.3) is 0 Å². The summed E-state index contributed by atoms with van der Waals surface area (Å²) in [5.41, 5.74) is 2.15. The van der Waals surface area contributed by atoms with Crippen LogP contribution in [0.15, 0.2) is 12.1 Å². The Bertz CT molecular complexity index is 585. The maximum Gasteiger partial charge on any atom is 0.313 e. The van der Waals surface area contributed by atoms with Gasteiger partial charge in [0.15, 0.2) is 11.5 Å². The number of hydrogen-bond donors (Lipinski definition) is 1. The fourth-order valence-electron chi connectivity index (χ4n) is 2.82. The number of ketones is 1. The van der Waals surface area contributed by atoms with E-state index in [1.807, 2.05) is 12.1 Å². The molecule has 0 aliphatic carbocycles. The molecule has 23 heavy (non-hydrogen) atoms. The van der Waals surface area contributed by atoms with Crippen molar-refractivity contribution in [3.05, 3.63) is 23.3 Å². The molecule has 1 aromatic carbocycles. The van der Waals surface area contributed by atoms with E-state index in [-0.39, 0.29) is 31.3 Å². The average molecular weight is 321 g/mol. The number of methoxy groups -OCH3 is 2. The second kappa shape index (κ2) is 7.97. The van der Waals surface area contributed by atoms with Crippen molar-refractivity contribution in [1.82, 2.24) is 5.32 Å². The van der Waals surface area contributed by atoms with Crippen molar-refractivity contribution < 1.29 is 23.8 Å². The van der Waals surface area contributed by atoms with Gasteiger partial charge in [-0.15, -0.1) is 0 Å². The van der Waals surface area contributed by atoms with E-state index in [0.29, 0.717) is 11.5 Å². The fourth-order valence-corrected chi connectivity index (χ4v) is 2.82. The second-order valence-corrected chi connectivity index (χ2v) is 5.39. The molecule has 0 spiro atoms. The minimum atomic E-state index is -0.471. The van der Waals surface area contributed by atoms with E-state index in [1.54, 1.807) is 21.1 Å². The van der Waals surface area contributed by atoms with Gasteiger partial charge in [-0.2, -0.15) is 0 Å². The van der Waals surface area contributed by atoms with Crippen LogP contribution < -0.4 is 14.8 Å². The van der Waals surface area contributed by atoms with E-state index in [2.05, 4.69) is 5.32 Å². The number of esters is 1. The van der Waals surface area contributed by atoms with Gasteiger partial charge in [0.2, 0.25) is 0 Å². The molecule has 6 heteroatoms. The highest BCUT2D eigenvalue weighted by molar-refractivity contribution is 5.95. The van der Waals surface area contributed by atoms with Crippen LogP contribution in [0, 0.1) is 0 Å². The molecule has 0 saturated heterocycles. The van der Waals surface area contributed by atoms with E-state index in [9.17, 15) is 9.59 Å². The van der Waals surface area contributed by atoms with E-state index in [0.717, 1.165) is 24.1 Å². The average Bonchev–Trinajstić information content (AvgIpc) is 2.53. The van der Waals surface area contributed by atoms with Crippen molar-refractivity contribution in [3.8, 4) is 11.5 Å². The number of benzene rings is 1. The lowest BCUT2D eigenvalue weighted by atomic mass is 9.90. The SMILES string of the molecule is CCOC(=O)CC(=O)CC1NCCc2cc(OC)c(OC)cc21. The molecule has 0 aromatic heterocycles. The summed E-state index contributed by atoms with van der Waals surface area (Å²) in [6.45, 7) is 2.79. The van der Waals surface area contributed by atoms with Crippen LogP contribution in [0.2, 0.25) is 0 Å². The lowest BCUT2D eigenvalue weighted by Crippen LogP contribution is -2.32. The van der Waals surface area contributed by atoms with Crippen LogP contribution in [0.4, 0.5) is 0 Å². The fraction of sp³-hybridized carbons (Fsp3) is 0.529. The maximum atomic E-state index is 12.1. The summed E-state index contributed by atoms with van der Waals surface area (Å²) in [6.07, 6.45) is 0.925. The van der Waals surface area contributed by atoms with E-state index < -0.39 is 5.97 Å². The molecular formula is C17H23NO5. The topological polar surface area (TPSA) is 73.9 Å². The molecule has 6 nitrogen and oxygen atoms in total. The first-order chi connectivity index (χ1) is 11.1. The summed E-state index contributed by atoms with van der Waals surface area (Å²) in [6, 6.07) is 3.74. The van der Waals surface area contributed by atoms with Crippen molar-refractivity contribution in [3.63, 3.8) is 0 Å². The Labute approximate surface area is 136 Å². The van der Waals surface area contributed by atoms with Gasteiger partial charge in [0.1, 0.15) is 12.2 Å². The van der Waals surface area contributed by atoms with E-state index >= 15 is 0 Å². The maximum absolute atomic E-state index is 12.1. The summed E-state index contributed by atoms with van der Waals surface area (Å²) in [5.74, 6) is 0.715. The van der Waals surface area contributed by atoms with Crippen molar-refractivity contribution >= 4 is 11.8 Å². The lowest BCUT2D eigenvalue weighted by Gasteiger charge is -2.27. The lowest BCUT2D eigenvalue weighted by molar-refractivity contribution is -0.145. The Kier molecular flexibility index (Phi) is 5.98. The van der Waals surface area contributed by atoms with Gasteiger partial charge < -0.3 is 19.5 Å². The molecular weight excluding hydrogens is 298 g/mol. The van der Waals surface area contributed by atoms with Crippen LogP contribution in [0.3, 0.4) is 0 Å². The Morgan fingerprint density at radius 2 is 1.91 bits per heavy atom. The van der Waals surface area contributed by atoms with Crippen LogP contribution in [-0.2, 0) is 20.7 Å². The molecule has 1 atom stereocenters. The summed E-state index contributed by atoms with van der Waals surface area (Å²) in [4.78, 5) is 23.5. The number of hydrogen-bond acceptors (Lipinski definition) is 6. The molecule has 0 fully saturated rings. The van der Waals surface area contributed by atoms with Gasteiger partial charge in [-0.3, -0.25) is 9.59 Å². The van der Waals surface area contributed by atoms with Crippen LogP contribution in [-0.4, -0.2) is 39.1 Å². The Hall–Kier alpha value is -2.08. The summed E-state index contributed by atoms with van der Waals surface area (Å²) in [5, 5.41) is 3.33. The van der Waals surface area contributed by atoms with Crippen LogP contribution in [0.5, 0.6) is 11.5 Å². The molecule has 0 radical (unpaired) electrons. The van der Waals surface area contributed by atoms with Gasteiger partial charge in [-0.25, -0.2) is 0 Å². The largest absolute Gasteiger partial charge is 0.493 e. The van der Waals surface area contributed by atoms with Crippen LogP contribution in [0.25, 0.3) is 0 Å². The highest BCUT2D eigenvalue weighted by atomic mass is 16.5. The standard InChI is InChI=1S/C17H23NO5/c1-4-23-17(20)9-12(19)8-14-13-10-16(22-3)15(21-2)7-11(13)5-6-18-14/h7,10,14,18H,4-6,8-9H2,1-3H3. The zero-order chi connectivity index (χ0) is 16.8. The van der Waals surface area contributed by atoms with Crippen molar-refractivity contribution in [2.75, 3.05) is 27.4 Å². The highest BCUT2D eigenvalue weighted by Crippen LogP contribution is 2.36. The van der Waals surface area contributed by atoms with Crippen LogP contribution in [0.1, 0.15) is 36.9 Å². The molecule has 2 rings (SSSR count). The molecule has 0 bridgehead atoms. The predicted molar refractivity (Wildman–Crippen MR) is 84.9 cm³/mol. The van der Waals surface area contributed by atoms with Gasteiger partial charge >= 0.3 is 5.97 Å². The number of ether oxygens (including phenoxy) is 3. The van der Waals surface area contributed by atoms with E-state index in [1.165, 1.54) is 0 Å². The molecule has 1 heterocycles. The zero-order valence-corrected chi connectivity index (χ0v) is 13.8. The van der Waals surface area contributed by atoms with Gasteiger partial charge in [0, 0.05) is 12.5 Å². The third kappa shape index (κ3) is 4.22. The zero-order valence-electron chi connectivity index (χ0n) is 13.8. The number of Topliss-reactive ketones (excluding diaryl/α,β-unsaturated/α-hetero) is 1. The van der Waals surface area contributed by atoms with Gasteiger partial charge in [-0.05, 0) is 43.1 Å². The first-order valence-electron chi connectivity index (χ1n) is 7.74. The first kappa shape index (κ1) is 17.3. The quantitative estimate of drug-likeness (QED) is 0.610. The number of carbonyl (C=O) groups is 2. The molecule has 0 saturated carbocycles. The summed E-state index contributed by atoms with van der Waals surface area (Å²) >= 11 is 0. The minimum Gasteiger partial charge on any atom is -0.493 e. The predicted octanol–water partition coefficient (Wildman–Crippen LogP) is 1.80. The second-order valence-electron chi connectivity index (χ2n) is 5.39. The Morgan fingerprint density at radius 3 is 2.57 bits per heavy atom. The molecule has 1 N–H and O–H groups in total. The number of rotatable bonds is 7. The summed E-state index contributed by atoms with van der Waals surface area (Å²) < 4.78 is 15.5. The third-order valence-corrected chi connectivity index (χ3v) is 3.88. The molecule has 1 unspecified atom stereocenters. The van der Waals surface area contributed by atoms with Crippen molar-refractivity contribution in [2.45, 2.75) is 32.2 Å². The number of carbonyl (C=O) groups excluding carboxylic acids is 2. The number of nitrogens with one attached hydrogen (secondary N) is 1. The monoisotopic (exact) mass is 321 g/mol. The van der Waals surface area contributed by atoms with Gasteiger partial charge in [0.05, 0.1) is 20.8 Å². The number of fused-ring (bicyclic) bond motifs is 1. The Morgan fingerprint density at radius 1 is 1.22 bits per heavy atom. The van der Waals surface area contributed by atoms with Crippen molar-refractivity contribution in [2.24, 2.45) is 0 Å². The Balaban J connectivity index is 2.14. The molecule has 1 aromatic rings. The molecule has 1 aliphatic heterocycles. The van der Waals surface area contributed by atoms with Crippen molar-refractivity contribution in [1.29, 1.82) is 0 Å².